The number of rotatable bonds is 3. The zero-order valence-corrected chi connectivity index (χ0v) is 10.7. The van der Waals surface area contributed by atoms with E-state index in [1.807, 2.05) is 0 Å². The van der Waals surface area contributed by atoms with Crippen LogP contribution in [-0.2, 0) is 0 Å². The second kappa shape index (κ2) is 5.40. The molecule has 0 radical (unpaired) electrons. The number of carbonyl (C=O) groups is 1. The number of amides is 1. The van der Waals surface area contributed by atoms with Crippen molar-refractivity contribution in [2.45, 2.75) is 6.92 Å². The number of hydrogen-bond donors (Lipinski definition) is 2. The molecule has 1 amide bonds. The van der Waals surface area contributed by atoms with E-state index in [4.69, 9.17) is 0 Å². The fourth-order valence-corrected chi connectivity index (χ4v) is 1.71. The maximum Gasteiger partial charge on any atom is 0.282 e. The molecule has 2 aromatic rings. The molecule has 0 unspecified atom stereocenters. The monoisotopic (exact) mass is 272 g/mol. The normalized spacial score (nSPS) is 10.1. The van der Waals surface area contributed by atoms with Crippen LogP contribution in [0, 0.1) is 17.0 Å². The highest BCUT2D eigenvalue weighted by Gasteiger charge is 2.19. The van der Waals surface area contributed by atoms with Crippen LogP contribution in [0.3, 0.4) is 0 Å². The molecular weight excluding hydrogens is 260 g/mol. The Morgan fingerprint density at radius 1 is 1.25 bits per heavy atom. The van der Waals surface area contributed by atoms with Crippen LogP contribution in [0.2, 0.25) is 0 Å². The molecule has 20 heavy (non-hydrogen) atoms. The van der Waals surface area contributed by atoms with E-state index in [1.54, 1.807) is 25.1 Å². The van der Waals surface area contributed by atoms with Gasteiger partial charge in [0.15, 0.2) is 0 Å². The zero-order valence-electron chi connectivity index (χ0n) is 10.7. The van der Waals surface area contributed by atoms with Crippen LogP contribution in [0.5, 0.6) is 5.75 Å². The lowest BCUT2D eigenvalue weighted by Gasteiger charge is -2.07. The molecule has 2 rings (SSSR count). The Hall–Kier alpha value is -2.89. The van der Waals surface area contributed by atoms with Gasteiger partial charge in [-0.3, -0.25) is 14.9 Å². The van der Waals surface area contributed by atoms with Gasteiger partial charge in [0.2, 0.25) is 0 Å². The second-order valence-corrected chi connectivity index (χ2v) is 4.23. The largest absolute Gasteiger partial charge is 0.508 e. The van der Waals surface area contributed by atoms with Gasteiger partial charge in [-0.2, -0.15) is 0 Å². The molecule has 0 bridgehead atoms. The third kappa shape index (κ3) is 2.74. The minimum absolute atomic E-state index is 0.0300. The lowest BCUT2D eigenvalue weighted by molar-refractivity contribution is -0.385. The average Bonchev–Trinajstić information content (AvgIpc) is 2.43. The second-order valence-electron chi connectivity index (χ2n) is 4.23. The van der Waals surface area contributed by atoms with Gasteiger partial charge in [0.1, 0.15) is 11.3 Å². The predicted octanol–water partition coefficient (Wildman–Crippen LogP) is 2.86. The Morgan fingerprint density at radius 2 is 1.95 bits per heavy atom. The van der Waals surface area contributed by atoms with E-state index < -0.39 is 10.8 Å². The third-order valence-corrected chi connectivity index (χ3v) is 2.81. The van der Waals surface area contributed by atoms with Crippen molar-refractivity contribution in [1.29, 1.82) is 0 Å². The number of aryl methyl sites for hydroxylation is 1. The summed E-state index contributed by atoms with van der Waals surface area (Å²) in [5, 5.41) is 22.9. The molecule has 6 nitrogen and oxygen atoms in total. The first kappa shape index (κ1) is 13.5. The van der Waals surface area contributed by atoms with Crippen molar-refractivity contribution in [3.8, 4) is 5.75 Å². The summed E-state index contributed by atoms with van der Waals surface area (Å²) >= 11 is 0. The van der Waals surface area contributed by atoms with E-state index in [9.17, 15) is 20.0 Å². The smallest absolute Gasteiger partial charge is 0.282 e. The molecule has 0 saturated heterocycles. The first-order valence-corrected chi connectivity index (χ1v) is 5.83. The van der Waals surface area contributed by atoms with Crippen molar-refractivity contribution >= 4 is 17.3 Å². The molecule has 0 aliphatic rings. The van der Waals surface area contributed by atoms with Crippen LogP contribution in [0.15, 0.2) is 42.5 Å². The van der Waals surface area contributed by atoms with Crippen molar-refractivity contribution in [2.24, 2.45) is 0 Å². The highest BCUT2D eigenvalue weighted by atomic mass is 16.6. The average molecular weight is 272 g/mol. The standard InChI is InChI=1S/C14H12N2O4/c1-9-6-7-10(8-13(9)17)15-14(18)11-4-2-3-5-12(11)16(19)20/h2-8,17H,1H3,(H,15,18). The lowest BCUT2D eigenvalue weighted by atomic mass is 10.1. The molecule has 0 atom stereocenters. The number of nitro groups is 1. The lowest BCUT2D eigenvalue weighted by Crippen LogP contribution is -2.13. The molecule has 0 spiro atoms. The van der Waals surface area contributed by atoms with Crippen LogP contribution in [0.4, 0.5) is 11.4 Å². The molecule has 0 heterocycles. The number of anilines is 1. The number of phenols is 1. The van der Waals surface area contributed by atoms with Gasteiger partial charge in [0.25, 0.3) is 11.6 Å². The Balaban J connectivity index is 2.28. The van der Waals surface area contributed by atoms with E-state index >= 15 is 0 Å². The van der Waals surface area contributed by atoms with Crippen molar-refractivity contribution in [3.63, 3.8) is 0 Å². The maximum absolute atomic E-state index is 12.0. The van der Waals surface area contributed by atoms with Gasteiger partial charge in [-0.15, -0.1) is 0 Å². The van der Waals surface area contributed by atoms with Gasteiger partial charge in [0.05, 0.1) is 4.92 Å². The number of carbonyl (C=O) groups excluding carboxylic acids is 1. The summed E-state index contributed by atoms with van der Waals surface area (Å²) in [6, 6.07) is 10.3. The summed E-state index contributed by atoms with van der Waals surface area (Å²) in [4.78, 5) is 22.3. The summed E-state index contributed by atoms with van der Waals surface area (Å²) < 4.78 is 0. The Morgan fingerprint density at radius 3 is 2.60 bits per heavy atom. The fraction of sp³-hybridized carbons (Fsp3) is 0.0714. The summed E-state index contributed by atoms with van der Waals surface area (Å²) in [5.74, 6) is -0.550. The molecule has 6 heteroatoms. The molecule has 2 aromatic carbocycles. The van der Waals surface area contributed by atoms with Gasteiger partial charge in [-0.05, 0) is 24.6 Å². The fourth-order valence-electron chi connectivity index (χ4n) is 1.71. The molecule has 0 fully saturated rings. The number of nitrogens with one attached hydrogen (secondary N) is 1. The molecular formula is C14H12N2O4. The van der Waals surface area contributed by atoms with Crippen LogP contribution in [0.1, 0.15) is 15.9 Å². The molecule has 0 aliphatic carbocycles. The number of phenolic OH excluding ortho intramolecular Hbond substituents is 1. The van der Waals surface area contributed by atoms with Crippen molar-refractivity contribution in [3.05, 3.63) is 63.7 Å². The maximum atomic E-state index is 12.0. The molecule has 0 aromatic heterocycles. The SMILES string of the molecule is Cc1ccc(NC(=O)c2ccccc2[N+](=O)[O-])cc1O. The molecule has 0 aliphatic heterocycles. The Kier molecular flexibility index (Phi) is 3.65. The number of benzene rings is 2. The minimum atomic E-state index is -0.610. The highest BCUT2D eigenvalue weighted by molar-refractivity contribution is 6.07. The zero-order chi connectivity index (χ0) is 14.7. The number of nitro benzene ring substituents is 1. The summed E-state index contributed by atoms with van der Waals surface area (Å²) in [7, 11) is 0. The number of nitrogens with zero attached hydrogens (tertiary/aromatic N) is 1. The molecule has 2 N–H and O–H groups in total. The van der Waals surface area contributed by atoms with Gasteiger partial charge in [-0.25, -0.2) is 0 Å². The van der Waals surface area contributed by atoms with Crippen LogP contribution in [-0.4, -0.2) is 15.9 Å². The Labute approximate surface area is 114 Å². The number of para-hydroxylation sites is 1. The van der Waals surface area contributed by atoms with Gasteiger partial charge < -0.3 is 10.4 Å². The minimum Gasteiger partial charge on any atom is -0.508 e. The third-order valence-electron chi connectivity index (χ3n) is 2.81. The summed E-state index contributed by atoms with van der Waals surface area (Å²) in [6.45, 7) is 1.73. The first-order chi connectivity index (χ1) is 9.49. The van der Waals surface area contributed by atoms with E-state index in [0.717, 1.165) is 0 Å². The van der Waals surface area contributed by atoms with E-state index in [0.29, 0.717) is 11.3 Å². The van der Waals surface area contributed by atoms with Gasteiger partial charge in [0, 0.05) is 17.8 Å². The summed E-state index contributed by atoms with van der Waals surface area (Å²) in [6.07, 6.45) is 0. The quantitative estimate of drug-likeness (QED) is 0.663. The number of aromatic hydroxyl groups is 1. The van der Waals surface area contributed by atoms with Crippen molar-refractivity contribution in [2.75, 3.05) is 5.32 Å². The van der Waals surface area contributed by atoms with Crippen molar-refractivity contribution < 1.29 is 14.8 Å². The first-order valence-electron chi connectivity index (χ1n) is 5.83. The van der Waals surface area contributed by atoms with Crippen molar-refractivity contribution in [1.82, 2.24) is 0 Å². The number of hydrogen-bond acceptors (Lipinski definition) is 4. The van der Waals surface area contributed by atoms with Gasteiger partial charge in [-0.1, -0.05) is 18.2 Å². The van der Waals surface area contributed by atoms with Crippen LogP contribution >= 0.6 is 0 Å². The topological polar surface area (TPSA) is 92.5 Å². The predicted molar refractivity (Wildman–Crippen MR) is 73.9 cm³/mol. The highest BCUT2D eigenvalue weighted by Crippen LogP contribution is 2.23. The van der Waals surface area contributed by atoms with Crippen LogP contribution < -0.4 is 5.32 Å². The molecule has 0 saturated carbocycles. The van der Waals surface area contributed by atoms with E-state index in [1.165, 1.54) is 24.3 Å². The van der Waals surface area contributed by atoms with Gasteiger partial charge >= 0.3 is 0 Å². The van der Waals surface area contributed by atoms with E-state index in [-0.39, 0.29) is 17.0 Å². The van der Waals surface area contributed by atoms with E-state index in [2.05, 4.69) is 5.32 Å². The summed E-state index contributed by atoms with van der Waals surface area (Å²) in [5.41, 5.74) is 0.754. The Bertz CT molecular complexity index is 683. The molecule has 102 valence electrons. The van der Waals surface area contributed by atoms with Crippen LogP contribution in [0.25, 0.3) is 0 Å².